The first-order valence-electron chi connectivity index (χ1n) is 9.87. The minimum Gasteiger partial charge on any atom is -0.460 e. The summed E-state index contributed by atoms with van der Waals surface area (Å²) in [4.78, 5) is 11.6. The molecule has 0 aromatic rings. The first kappa shape index (κ1) is 21.2. The lowest BCUT2D eigenvalue weighted by Gasteiger charge is -2.41. The van der Waals surface area contributed by atoms with Gasteiger partial charge in [-0.3, -0.25) is 4.79 Å². The van der Waals surface area contributed by atoms with Gasteiger partial charge in [0.2, 0.25) is 0 Å². The second-order valence-corrected chi connectivity index (χ2v) is 9.30. The van der Waals surface area contributed by atoms with Gasteiger partial charge in [0.05, 0.1) is 12.2 Å². The maximum Gasteiger partial charge on any atom is 0.303 e. The number of carbonyl (C=O) groups excluding carboxylic acids is 1. The predicted octanol–water partition coefficient (Wildman–Crippen LogP) is 4.01. The molecule has 0 aromatic heterocycles. The Labute approximate surface area is 158 Å². The molecule has 1 fully saturated rings. The van der Waals surface area contributed by atoms with Crippen molar-refractivity contribution in [3.05, 3.63) is 23.8 Å². The molecule has 4 heteroatoms. The van der Waals surface area contributed by atoms with Crippen molar-refractivity contribution in [2.24, 2.45) is 23.2 Å². The molecule has 6 unspecified atom stereocenters. The van der Waals surface area contributed by atoms with Crippen LogP contribution in [0.15, 0.2) is 23.8 Å². The molecule has 0 heterocycles. The SMILES string of the molecule is CC(=O)OC(C)(C)C1CCC2(C)C=CC(C)CC(O)C=C(C)CC(O)C12. The summed E-state index contributed by atoms with van der Waals surface area (Å²) >= 11 is 0. The summed E-state index contributed by atoms with van der Waals surface area (Å²) in [6, 6.07) is 0. The predicted molar refractivity (Wildman–Crippen MR) is 103 cm³/mol. The van der Waals surface area contributed by atoms with E-state index in [0.717, 1.165) is 18.4 Å². The minimum atomic E-state index is -0.619. The Morgan fingerprint density at radius 2 is 2.00 bits per heavy atom. The van der Waals surface area contributed by atoms with Gasteiger partial charge in [0.1, 0.15) is 5.60 Å². The number of fused-ring (bicyclic) bond motifs is 1. The van der Waals surface area contributed by atoms with E-state index in [1.807, 2.05) is 26.8 Å². The summed E-state index contributed by atoms with van der Waals surface area (Å²) in [6.45, 7) is 11.7. The van der Waals surface area contributed by atoms with Crippen LogP contribution < -0.4 is 0 Å². The van der Waals surface area contributed by atoms with Crippen molar-refractivity contribution in [3.8, 4) is 0 Å². The summed E-state index contributed by atoms with van der Waals surface area (Å²) in [5.41, 5.74) is 0.245. The average Bonchev–Trinajstić information content (AvgIpc) is 2.81. The molecule has 2 aliphatic carbocycles. The van der Waals surface area contributed by atoms with Gasteiger partial charge < -0.3 is 14.9 Å². The molecular formula is C22H36O4. The van der Waals surface area contributed by atoms with Gasteiger partial charge in [0.15, 0.2) is 0 Å². The summed E-state index contributed by atoms with van der Waals surface area (Å²) in [7, 11) is 0. The molecule has 148 valence electrons. The van der Waals surface area contributed by atoms with Crippen molar-refractivity contribution in [2.45, 2.75) is 85.0 Å². The van der Waals surface area contributed by atoms with Gasteiger partial charge in [0, 0.05) is 18.8 Å². The maximum atomic E-state index is 11.6. The minimum absolute atomic E-state index is 0.00103. The molecule has 2 rings (SSSR count). The zero-order valence-corrected chi connectivity index (χ0v) is 17.2. The Morgan fingerprint density at radius 1 is 1.35 bits per heavy atom. The lowest BCUT2D eigenvalue weighted by molar-refractivity contribution is -0.163. The molecule has 6 atom stereocenters. The molecule has 0 aromatic carbocycles. The van der Waals surface area contributed by atoms with Gasteiger partial charge in [-0.15, -0.1) is 0 Å². The largest absolute Gasteiger partial charge is 0.460 e. The van der Waals surface area contributed by atoms with Gasteiger partial charge in [-0.05, 0) is 57.8 Å². The molecule has 0 radical (unpaired) electrons. The fourth-order valence-corrected chi connectivity index (χ4v) is 5.17. The van der Waals surface area contributed by atoms with Crippen LogP contribution >= 0.6 is 0 Å². The van der Waals surface area contributed by atoms with Gasteiger partial charge >= 0.3 is 5.97 Å². The van der Waals surface area contributed by atoms with Crippen LogP contribution in [0.2, 0.25) is 0 Å². The zero-order chi connectivity index (χ0) is 19.7. The number of rotatable bonds is 2. The molecule has 0 aliphatic heterocycles. The highest BCUT2D eigenvalue weighted by Crippen LogP contribution is 2.54. The standard InChI is InChI=1S/C22H36O4/c1-14-7-9-22(6)10-8-18(21(4,5)26-16(3)23)20(22)19(25)13-15(2)12-17(24)11-14/h7,9,12,14,17-20,24-25H,8,10-11,13H2,1-6H3. The van der Waals surface area contributed by atoms with Gasteiger partial charge in [-0.25, -0.2) is 0 Å². The van der Waals surface area contributed by atoms with Crippen molar-refractivity contribution < 1.29 is 19.7 Å². The van der Waals surface area contributed by atoms with Crippen LogP contribution in [-0.2, 0) is 9.53 Å². The second-order valence-electron chi connectivity index (χ2n) is 9.30. The van der Waals surface area contributed by atoms with Crippen molar-refractivity contribution in [1.82, 2.24) is 0 Å². The molecule has 0 amide bonds. The molecule has 26 heavy (non-hydrogen) atoms. The highest BCUT2D eigenvalue weighted by Gasteiger charge is 2.53. The Balaban J connectivity index is 2.42. The fourth-order valence-electron chi connectivity index (χ4n) is 5.17. The van der Waals surface area contributed by atoms with E-state index in [0.29, 0.717) is 12.8 Å². The maximum absolute atomic E-state index is 11.6. The smallest absolute Gasteiger partial charge is 0.303 e. The van der Waals surface area contributed by atoms with Crippen LogP contribution in [0.4, 0.5) is 0 Å². The normalized spacial score (nSPS) is 38.9. The van der Waals surface area contributed by atoms with Crippen molar-refractivity contribution in [3.63, 3.8) is 0 Å². The van der Waals surface area contributed by atoms with Crippen LogP contribution in [0.25, 0.3) is 0 Å². The van der Waals surface area contributed by atoms with E-state index in [1.165, 1.54) is 6.92 Å². The average molecular weight is 365 g/mol. The summed E-state index contributed by atoms with van der Waals surface area (Å²) in [6.07, 6.45) is 8.36. The summed E-state index contributed by atoms with van der Waals surface area (Å²) in [5, 5.41) is 21.4. The van der Waals surface area contributed by atoms with E-state index in [-0.39, 0.29) is 29.1 Å². The monoisotopic (exact) mass is 364 g/mol. The third kappa shape index (κ3) is 4.77. The van der Waals surface area contributed by atoms with Crippen molar-refractivity contribution in [1.29, 1.82) is 0 Å². The first-order chi connectivity index (χ1) is 11.9. The van der Waals surface area contributed by atoms with E-state index in [4.69, 9.17) is 4.74 Å². The third-order valence-corrected chi connectivity index (χ3v) is 6.33. The first-order valence-corrected chi connectivity index (χ1v) is 9.87. The molecule has 1 saturated carbocycles. The molecule has 0 saturated heterocycles. The third-order valence-electron chi connectivity index (χ3n) is 6.33. The Hall–Kier alpha value is -1.13. The van der Waals surface area contributed by atoms with Crippen LogP contribution in [0.1, 0.15) is 67.2 Å². The molecule has 4 nitrogen and oxygen atoms in total. The number of ether oxygens (including phenoxy) is 1. The van der Waals surface area contributed by atoms with Gasteiger partial charge in [-0.2, -0.15) is 0 Å². The van der Waals surface area contributed by atoms with Gasteiger partial charge in [-0.1, -0.05) is 37.6 Å². The highest BCUT2D eigenvalue weighted by molar-refractivity contribution is 5.66. The topological polar surface area (TPSA) is 66.8 Å². The van der Waals surface area contributed by atoms with Crippen molar-refractivity contribution in [2.75, 3.05) is 0 Å². The quantitative estimate of drug-likeness (QED) is 0.574. The number of hydrogen-bond acceptors (Lipinski definition) is 4. The van der Waals surface area contributed by atoms with E-state index >= 15 is 0 Å². The van der Waals surface area contributed by atoms with Crippen LogP contribution in [-0.4, -0.2) is 34.0 Å². The number of esters is 1. The molecule has 2 N–H and O–H groups in total. The number of aliphatic hydroxyl groups is 2. The van der Waals surface area contributed by atoms with Crippen LogP contribution in [0, 0.1) is 23.2 Å². The molecule has 0 spiro atoms. The fraction of sp³-hybridized carbons (Fsp3) is 0.773. The lowest BCUT2D eigenvalue weighted by Crippen LogP contribution is -2.45. The Bertz CT molecular complexity index is 577. The zero-order valence-electron chi connectivity index (χ0n) is 17.2. The Morgan fingerprint density at radius 3 is 2.62 bits per heavy atom. The van der Waals surface area contributed by atoms with E-state index in [9.17, 15) is 15.0 Å². The number of allylic oxidation sites excluding steroid dienone is 2. The second kappa shape index (κ2) is 7.85. The van der Waals surface area contributed by atoms with Crippen LogP contribution in [0.3, 0.4) is 0 Å². The Kier molecular flexibility index (Phi) is 6.40. The molecule has 2 aliphatic rings. The summed E-state index contributed by atoms with van der Waals surface area (Å²) < 4.78 is 5.65. The summed E-state index contributed by atoms with van der Waals surface area (Å²) in [5.74, 6) is 0.0733. The molecular weight excluding hydrogens is 328 g/mol. The van der Waals surface area contributed by atoms with Crippen LogP contribution in [0.5, 0.6) is 0 Å². The number of hydrogen-bond donors (Lipinski definition) is 2. The van der Waals surface area contributed by atoms with E-state index in [1.54, 1.807) is 0 Å². The number of aliphatic hydroxyl groups excluding tert-OH is 2. The van der Waals surface area contributed by atoms with E-state index in [2.05, 4.69) is 26.0 Å². The van der Waals surface area contributed by atoms with Crippen molar-refractivity contribution >= 4 is 5.97 Å². The molecule has 0 bridgehead atoms. The highest BCUT2D eigenvalue weighted by atomic mass is 16.6. The van der Waals surface area contributed by atoms with Gasteiger partial charge in [0.25, 0.3) is 0 Å². The van der Waals surface area contributed by atoms with E-state index < -0.39 is 17.8 Å². The lowest BCUT2D eigenvalue weighted by atomic mass is 9.68. The number of carbonyl (C=O) groups is 1.